The van der Waals surface area contributed by atoms with Gasteiger partial charge in [-0.2, -0.15) is 10.5 Å². The summed E-state index contributed by atoms with van der Waals surface area (Å²) in [4.78, 5) is 50.8. The van der Waals surface area contributed by atoms with Gasteiger partial charge in [-0.3, -0.25) is 28.3 Å². The van der Waals surface area contributed by atoms with Gasteiger partial charge in [0.15, 0.2) is 0 Å². The maximum atomic E-state index is 12.9. The Bertz CT molecular complexity index is 2560. The van der Waals surface area contributed by atoms with Crippen LogP contribution in [0.2, 0.25) is 0 Å². The molecular formula is C43H35FN6O4. The summed E-state index contributed by atoms with van der Waals surface area (Å²) in [5, 5.41) is 23.6. The molecule has 0 radical (unpaired) electrons. The van der Waals surface area contributed by atoms with Gasteiger partial charge in [0.1, 0.15) is 16.9 Å². The van der Waals surface area contributed by atoms with Crippen molar-refractivity contribution in [1.29, 1.82) is 10.5 Å². The number of amides is 2. The Morgan fingerprint density at radius 2 is 1.06 bits per heavy atom. The van der Waals surface area contributed by atoms with Gasteiger partial charge < -0.3 is 10.6 Å². The number of nitrogens with one attached hydrogen (secondary N) is 2. The molecule has 2 heterocycles. The van der Waals surface area contributed by atoms with E-state index >= 15 is 0 Å². The van der Waals surface area contributed by atoms with Crippen LogP contribution in [0.15, 0.2) is 131 Å². The molecule has 0 unspecified atom stereocenters. The molecule has 0 aliphatic carbocycles. The number of benzene rings is 4. The molecule has 0 saturated heterocycles. The quantitative estimate of drug-likeness (QED) is 0.188. The summed E-state index contributed by atoms with van der Waals surface area (Å²) in [6, 6.07) is 37.4. The van der Waals surface area contributed by atoms with Crippen molar-refractivity contribution >= 4 is 11.8 Å². The van der Waals surface area contributed by atoms with Crippen molar-refractivity contribution in [2.24, 2.45) is 0 Å². The number of pyridine rings is 2. The SMILES string of the molecule is Cc1ccc(C(=O)NCc2ccc(F)cc2)c(=O)n1-c1cccc(C#N)c1.Cc1cccc(CNC(=O)c2ccc(C)n(-c3cccc(C#N)c3)c2=O)c1. The van der Waals surface area contributed by atoms with Crippen molar-refractivity contribution < 1.29 is 14.0 Å². The Kier molecular flexibility index (Phi) is 12.1. The molecule has 0 bridgehead atoms. The number of nitriles is 2. The molecule has 0 atom stereocenters. The Hall–Kier alpha value is -7.37. The maximum absolute atomic E-state index is 12.9. The fourth-order valence-corrected chi connectivity index (χ4v) is 5.66. The van der Waals surface area contributed by atoms with Gasteiger partial charge in [0, 0.05) is 24.5 Å². The first kappa shape index (κ1) is 37.9. The van der Waals surface area contributed by atoms with Crippen LogP contribution in [0.5, 0.6) is 0 Å². The summed E-state index contributed by atoms with van der Waals surface area (Å²) in [6.07, 6.45) is 0. The van der Waals surface area contributed by atoms with Crippen LogP contribution in [-0.2, 0) is 13.1 Å². The van der Waals surface area contributed by atoms with Crippen LogP contribution in [0.1, 0.15) is 59.9 Å². The van der Waals surface area contributed by atoms with Crippen molar-refractivity contribution in [3.8, 4) is 23.5 Å². The van der Waals surface area contributed by atoms with Crippen molar-refractivity contribution in [3.63, 3.8) is 0 Å². The summed E-state index contributed by atoms with van der Waals surface area (Å²) >= 11 is 0. The molecule has 2 N–H and O–H groups in total. The number of carbonyl (C=O) groups excluding carboxylic acids is 2. The van der Waals surface area contributed by atoms with Gasteiger partial charge in [-0.25, -0.2) is 4.39 Å². The van der Waals surface area contributed by atoms with Crippen molar-refractivity contribution in [2.45, 2.75) is 33.9 Å². The van der Waals surface area contributed by atoms with Crippen LogP contribution in [0.3, 0.4) is 0 Å². The van der Waals surface area contributed by atoms with E-state index in [1.165, 1.54) is 33.4 Å². The molecule has 10 nitrogen and oxygen atoms in total. The van der Waals surface area contributed by atoms with E-state index in [1.807, 2.05) is 37.3 Å². The van der Waals surface area contributed by atoms with Crippen LogP contribution in [0.25, 0.3) is 11.4 Å². The van der Waals surface area contributed by atoms with Gasteiger partial charge in [-0.05, 0) is 105 Å². The van der Waals surface area contributed by atoms with Crippen molar-refractivity contribution in [3.05, 3.63) is 198 Å². The number of nitrogens with zero attached hydrogens (tertiary/aromatic N) is 4. The largest absolute Gasteiger partial charge is 0.348 e. The molecule has 4 aromatic carbocycles. The lowest BCUT2D eigenvalue weighted by Gasteiger charge is -2.12. The average Bonchev–Trinajstić information content (AvgIpc) is 3.17. The molecule has 0 aliphatic heterocycles. The number of rotatable bonds is 8. The molecular weight excluding hydrogens is 684 g/mol. The second-order valence-corrected chi connectivity index (χ2v) is 12.4. The van der Waals surface area contributed by atoms with Crippen molar-refractivity contribution in [1.82, 2.24) is 19.8 Å². The van der Waals surface area contributed by atoms with E-state index in [4.69, 9.17) is 10.5 Å². The molecule has 54 heavy (non-hydrogen) atoms. The third-order valence-corrected chi connectivity index (χ3v) is 8.41. The number of aromatic nitrogens is 2. The lowest BCUT2D eigenvalue weighted by molar-refractivity contribution is 0.0941. The van der Waals surface area contributed by atoms with Crippen LogP contribution in [-0.4, -0.2) is 20.9 Å². The Balaban J connectivity index is 0.000000208. The van der Waals surface area contributed by atoms with Crippen LogP contribution in [0.4, 0.5) is 4.39 Å². The van der Waals surface area contributed by atoms with Gasteiger partial charge in [0.05, 0.1) is 34.6 Å². The molecule has 0 fully saturated rings. The van der Waals surface area contributed by atoms with E-state index in [2.05, 4.69) is 16.7 Å². The maximum Gasteiger partial charge on any atom is 0.268 e. The molecule has 6 aromatic rings. The predicted octanol–water partition coefficient (Wildman–Crippen LogP) is 6.34. The summed E-state index contributed by atoms with van der Waals surface area (Å²) in [5.41, 5.74) is 5.26. The second kappa shape index (κ2) is 17.2. The van der Waals surface area contributed by atoms with E-state index in [0.717, 1.165) is 16.7 Å². The zero-order valence-corrected chi connectivity index (χ0v) is 29.8. The Morgan fingerprint density at radius 3 is 1.52 bits per heavy atom. The highest BCUT2D eigenvalue weighted by Gasteiger charge is 2.16. The van der Waals surface area contributed by atoms with Crippen molar-refractivity contribution in [2.75, 3.05) is 0 Å². The lowest BCUT2D eigenvalue weighted by atomic mass is 10.1. The van der Waals surface area contributed by atoms with Crippen LogP contribution >= 0.6 is 0 Å². The first-order valence-electron chi connectivity index (χ1n) is 16.8. The summed E-state index contributed by atoms with van der Waals surface area (Å²) < 4.78 is 15.8. The fourth-order valence-electron chi connectivity index (χ4n) is 5.66. The topological polar surface area (TPSA) is 150 Å². The second-order valence-electron chi connectivity index (χ2n) is 12.4. The third-order valence-electron chi connectivity index (χ3n) is 8.41. The Morgan fingerprint density at radius 1 is 0.593 bits per heavy atom. The van der Waals surface area contributed by atoms with Crippen LogP contribution in [0, 0.1) is 49.3 Å². The molecule has 0 spiro atoms. The summed E-state index contributed by atoms with van der Waals surface area (Å²) in [7, 11) is 0. The highest BCUT2D eigenvalue weighted by atomic mass is 19.1. The number of hydrogen-bond acceptors (Lipinski definition) is 6. The summed E-state index contributed by atoms with van der Waals surface area (Å²) in [6.45, 7) is 6.04. The molecule has 0 saturated carbocycles. The van der Waals surface area contributed by atoms with Crippen LogP contribution < -0.4 is 21.8 Å². The van der Waals surface area contributed by atoms with Gasteiger partial charge in [-0.15, -0.1) is 0 Å². The number of hydrogen-bond donors (Lipinski definition) is 2. The first-order valence-corrected chi connectivity index (χ1v) is 16.8. The van der Waals surface area contributed by atoms with E-state index in [-0.39, 0.29) is 23.5 Å². The fraction of sp³-hybridized carbons (Fsp3) is 0.116. The minimum atomic E-state index is -0.519. The Labute approximate surface area is 311 Å². The highest BCUT2D eigenvalue weighted by Crippen LogP contribution is 2.14. The number of halogens is 1. The van der Waals surface area contributed by atoms with Gasteiger partial charge >= 0.3 is 0 Å². The van der Waals surface area contributed by atoms with Gasteiger partial charge in [0.25, 0.3) is 22.9 Å². The smallest absolute Gasteiger partial charge is 0.268 e. The molecule has 268 valence electrons. The zero-order valence-electron chi connectivity index (χ0n) is 29.8. The van der Waals surface area contributed by atoms with E-state index in [9.17, 15) is 23.6 Å². The molecule has 11 heteroatoms. The minimum Gasteiger partial charge on any atom is -0.348 e. The van der Waals surface area contributed by atoms with Gasteiger partial charge in [-0.1, -0.05) is 54.1 Å². The summed E-state index contributed by atoms with van der Waals surface area (Å²) in [5.74, 6) is -1.30. The molecule has 2 amide bonds. The first-order chi connectivity index (χ1) is 26.0. The monoisotopic (exact) mass is 718 g/mol. The predicted molar refractivity (Wildman–Crippen MR) is 203 cm³/mol. The highest BCUT2D eigenvalue weighted by molar-refractivity contribution is 5.94. The average molecular weight is 719 g/mol. The molecule has 6 rings (SSSR count). The number of aryl methyl sites for hydroxylation is 3. The van der Waals surface area contributed by atoms with E-state index < -0.39 is 22.9 Å². The lowest BCUT2D eigenvalue weighted by Crippen LogP contribution is -2.33. The third kappa shape index (κ3) is 9.10. The zero-order chi connectivity index (χ0) is 38.8. The van der Waals surface area contributed by atoms with E-state index in [0.29, 0.717) is 40.4 Å². The number of carbonyl (C=O) groups is 2. The normalized spacial score (nSPS) is 10.3. The van der Waals surface area contributed by atoms with E-state index in [1.54, 1.807) is 86.6 Å². The molecule has 2 aromatic heterocycles. The molecule has 0 aliphatic rings. The standard InChI is InChI=1S/C22H19N3O2.C21H16FN3O2/c1-15-5-3-7-18(11-15)14-24-21(26)20-10-9-16(2)25(22(20)27)19-8-4-6-17(12-19)13-23;1-14-5-10-19(20(26)24-13-15-6-8-17(22)9-7-15)21(27)25(14)18-4-2-3-16(11-18)12-23/h3-12H,14H2,1-2H3,(H,24,26);2-11H,13H2,1H3,(H,24,26). The minimum absolute atomic E-state index is 0.00919. The van der Waals surface area contributed by atoms with Gasteiger partial charge in [0.2, 0.25) is 0 Å².